The monoisotopic (exact) mass is 329 g/mol. The highest BCUT2D eigenvalue weighted by Gasteiger charge is 2.23. The van der Waals surface area contributed by atoms with E-state index in [4.69, 9.17) is 4.74 Å². The summed E-state index contributed by atoms with van der Waals surface area (Å²) >= 11 is 0. The quantitative estimate of drug-likeness (QED) is 0.784. The van der Waals surface area contributed by atoms with E-state index in [2.05, 4.69) is 17.5 Å². The van der Waals surface area contributed by atoms with Gasteiger partial charge in [-0.2, -0.15) is 0 Å². The average molecular weight is 329 g/mol. The van der Waals surface area contributed by atoms with E-state index >= 15 is 0 Å². The molecule has 1 aromatic rings. The van der Waals surface area contributed by atoms with Gasteiger partial charge in [-0.1, -0.05) is 18.2 Å². The molecule has 2 aliphatic carbocycles. The van der Waals surface area contributed by atoms with Gasteiger partial charge in [-0.3, -0.25) is 4.79 Å². The molecule has 24 heavy (non-hydrogen) atoms. The highest BCUT2D eigenvalue weighted by Crippen LogP contribution is 2.32. The van der Waals surface area contributed by atoms with Crippen LogP contribution in [-0.4, -0.2) is 24.2 Å². The zero-order valence-corrected chi connectivity index (χ0v) is 14.3. The molecule has 130 valence electrons. The van der Waals surface area contributed by atoms with Gasteiger partial charge in [-0.15, -0.1) is 0 Å². The van der Waals surface area contributed by atoms with Gasteiger partial charge in [0, 0.05) is 6.04 Å². The molecule has 1 aromatic carbocycles. The van der Waals surface area contributed by atoms with Gasteiger partial charge in [0.25, 0.3) is 0 Å². The van der Waals surface area contributed by atoms with Crippen molar-refractivity contribution >= 4 is 5.91 Å². The van der Waals surface area contributed by atoms with Crippen molar-refractivity contribution in [3.05, 3.63) is 35.9 Å². The van der Waals surface area contributed by atoms with Gasteiger partial charge >= 0.3 is 0 Å². The molecule has 0 atom stereocenters. The Morgan fingerprint density at radius 2 is 1.79 bits per heavy atom. The van der Waals surface area contributed by atoms with Gasteiger partial charge in [-0.25, -0.2) is 0 Å². The summed E-state index contributed by atoms with van der Waals surface area (Å²) < 4.78 is 5.08. The number of ether oxygens (including phenoxy) is 1. The molecule has 0 spiro atoms. The number of phenolic OH excluding ortho intramolecular Hbond substituents is 1. The van der Waals surface area contributed by atoms with Crippen molar-refractivity contribution in [1.82, 2.24) is 5.32 Å². The van der Waals surface area contributed by atoms with E-state index in [0.29, 0.717) is 24.1 Å². The normalized spacial score (nSPS) is 24.0. The van der Waals surface area contributed by atoms with Gasteiger partial charge in [0.2, 0.25) is 5.91 Å². The Kier molecular flexibility index (Phi) is 5.44. The predicted molar refractivity (Wildman–Crippen MR) is 94.1 cm³/mol. The fourth-order valence-electron chi connectivity index (χ4n) is 3.36. The molecule has 0 radical (unpaired) electrons. The standard InChI is InChI=1S/C20H27NO3/c1-24-19-12-16(8-11-18(19)22)13-20(23)21-17-9-6-15(7-10-17)5-4-14-2-3-14/h4-5,8,11-12,14-15,17,22H,2-3,6-7,9-10,13H2,1H3,(H,21,23)/t15-,17+. The van der Waals surface area contributed by atoms with Crippen molar-refractivity contribution in [1.29, 1.82) is 0 Å². The van der Waals surface area contributed by atoms with Crippen molar-refractivity contribution in [3.8, 4) is 11.5 Å². The molecule has 1 amide bonds. The third-order valence-corrected chi connectivity index (χ3v) is 5.02. The van der Waals surface area contributed by atoms with E-state index in [1.165, 1.54) is 32.8 Å². The van der Waals surface area contributed by atoms with Gasteiger partial charge in [0.05, 0.1) is 13.5 Å². The lowest BCUT2D eigenvalue weighted by Crippen LogP contribution is -2.38. The number of hydrogen-bond donors (Lipinski definition) is 2. The van der Waals surface area contributed by atoms with Crippen LogP contribution in [0.25, 0.3) is 0 Å². The van der Waals surface area contributed by atoms with E-state index in [1.54, 1.807) is 18.2 Å². The number of hydrogen-bond acceptors (Lipinski definition) is 3. The molecule has 2 aliphatic rings. The maximum atomic E-state index is 12.2. The van der Waals surface area contributed by atoms with Crippen LogP contribution in [0.15, 0.2) is 30.4 Å². The van der Waals surface area contributed by atoms with Crippen LogP contribution >= 0.6 is 0 Å². The summed E-state index contributed by atoms with van der Waals surface area (Å²) in [5, 5.41) is 12.8. The Labute approximate surface area is 143 Å². The number of aromatic hydroxyl groups is 1. The van der Waals surface area contributed by atoms with E-state index in [-0.39, 0.29) is 11.7 Å². The van der Waals surface area contributed by atoms with E-state index in [0.717, 1.165) is 24.3 Å². The molecule has 4 nitrogen and oxygen atoms in total. The Hall–Kier alpha value is -1.97. The van der Waals surface area contributed by atoms with Crippen LogP contribution in [0.4, 0.5) is 0 Å². The minimum absolute atomic E-state index is 0.0414. The fraction of sp³-hybridized carbons (Fsp3) is 0.550. The van der Waals surface area contributed by atoms with Crippen LogP contribution in [0.5, 0.6) is 11.5 Å². The molecule has 0 unspecified atom stereocenters. The predicted octanol–water partition coefficient (Wildman–Crippen LogP) is 3.58. The minimum atomic E-state index is 0.0414. The van der Waals surface area contributed by atoms with Crippen LogP contribution in [0.2, 0.25) is 0 Å². The number of methoxy groups -OCH3 is 1. The van der Waals surface area contributed by atoms with Crippen molar-refractivity contribution in [3.63, 3.8) is 0 Å². The number of benzene rings is 1. The van der Waals surface area contributed by atoms with Crippen LogP contribution in [-0.2, 0) is 11.2 Å². The molecule has 0 aromatic heterocycles. The zero-order valence-electron chi connectivity index (χ0n) is 14.3. The molecule has 0 saturated heterocycles. The maximum absolute atomic E-state index is 12.2. The number of carbonyl (C=O) groups is 1. The molecule has 0 heterocycles. The number of allylic oxidation sites excluding steroid dienone is 2. The molecule has 2 fully saturated rings. The number of rotatable bonds is 6. The number of carbonyl (C=O) groups excluding carboxylic acids is 1. The van der Waals surface area contributed by atoms with E-state index in [9.17, 15) is 9.90 Å². The third kappa shape index (κ3) is 4.76. The number of phenols is 1. The lowest BCUT2D eigenvalue weighted by molar-refractivity contribution is -0.121. The summed E-state index contributed by atoms with van der Waals surface area (Å²) in [6.45, 7) is 0. The van der Waals surface area contributed by atoms with Crippen LogP contribution in [0, 0.1) is 11.8 Å². The summed E-state index contributed by atoms with van der Waals surface area (Å²) in [6.07, 6.45) is 12.3. The van der Waals surface area contributed by atoms with Crippen LogP contribution < -0.4 is 10.1 Å². The zero-order chi connectivity index (χ0) is 16.9. The lowest BCUT2D eigenvalue weighted by atomic mass is 9.85. The molecule has 2 N–H and O–H groups in total. The second kappa shape index (κ2) is 7.73. The summed E-state index contributed by atoms with van der Waals surface area (Å²) in [5.41, 5.74) is 0.850. The molecule has 0 bridgehead atoms. The van der Waals surface area contributed by atoms with Gasteiger partial charge in [0.15, 0.2) is 11.5 Å². The van der Waals surface area contributed by atoms with E-state index < -0.39 is 0 Å². The Morgan fingerprint density at radius 1 is 1.17 bits per heavy atom. The first-order valence-corrected chi connectivity index (χ1v) is 8.97. The highest BCUT2D eigenvalue weighted by molar-refractivity contribution is 5.79. The molecular formula is C20H27NO3. The molecular weight excluding hydrogens is 302 g/mol. The summed E-state index contributed by atoms with van der Waals surface area (Å²) in [5.74, 6) is 2.09. The number of nitrogens with one attached hydrogen (secondary N) is 1. The highest BCUT2D eigenvalue weighted by atomic mass is 16.5. The summed E-state index contributed by atoms with van der Waals surface area (Å²) in [4.78, 5) is 12.2. The average Bonchev–Trinajstić information content (AvgIpc) is 3.40. The first kappa shape index (κ1) is 16.9. The topological polar surface area (TPSA) is 58.6 Å². The van der Waals surface area contributed by atoms with Crippen LogP contribution in [0.3, 0.4) is 0 Å². The third-order valence-electron chi connectivity index (χ3n) is 5.02. The molecule has 0 aliphatic heterocycles. The lowest BCUT2D eigenvalue weighted by Gasteiger charge is -2.27. The van der Waals surface area contributed by atoms with E-state index in [1.807, 2.05) is 0 Å². The maximum Gasteiger partial charge on any atom is 0.224 e. The van der Waals surface area contributed by atoms with Gasteiger partial charge in [-0.05, 0) is 68.1 Å². The Morgan fingerprint density at radius 3 is 2.38 bits per heavy atom. The van der Waals surface area contributed by atoms with Gasteiger partial charge < -0.3 is 15.2 Å². The first-order valence-electron chi connectivity index (χ1n) is 8.97. The Bertz CT molecular complexity index is 599. The second-order valence-electron chi connectivity index (χ2n) is 7.08. The van der Waals surface area contributed by atoms with Crippen molar-refractivity contribution in [2.24, 2.45) is 11.8 Å². The second-order valence-corrected chi connectivity index (χ2v) is 7.08. The van der Waals surface area contributed by atoms with Gasteiger partial charge in [0.1, 0.15) is 0 Å². The van der Waals surface area contributed by atoms with Crippen LogP contribution in [0.1, 0.15) is 44.1 Å². The smallest absolute Gasteiger partial charge is 0.224 e. The molecule has 2 saturated carbocycles. The van der Waals surface area contributed by atoms with Crippen molar-refractivity contribution in [2.75, 3.05) is 7.11 Å². The SMILES string of the molecule is COc1cc(CC(=O)N[C@H]2CC[C@@H](C=CC3CC3)CC2)ccc1O. The number of amides is 1. The van der Waals surface area contributed by atoms with Crippen molar-refractivity contribution < 1.29 is 14.6 Å². The molecule has 3 rings (SSSR count). The summed E-state index contributed by atoms with van der Waals surface area (Å²) in [7, 11) is 1.51. The first-order chi connectivity index (χ1) is 11.6. The van der Waals surface area contributed by atoms with Crippen molar-refractivity contribution in [2.45, 2.75) is 51.0 Å². The summed E-state index contributed by atoms with van der Waals surface area (Å²) in [6, 6.07) is 5.34. The minimum Gasteiger partial charge on any atom is -0.504 e. The molecule has 4 heteroatoms. The fourth-order valence-corrected chi connectivity index (χ4v) is 3.36. The Balaban J connectivity index is 1.44. The largest absolute Gasteiger partial charge is 0.504 e.